The van der Waals surface area contributed by atoms with Gasteiger partial charge in [-0.25, -0.2) is 0 Å². The molecule has 92 valence electrons. The maximum absolute atomic E-state index is 11.9. The van der Waals surface area contributed by atoms with Crippen molar-refractivity contribution in [2.75, 3.05) is 0 Å². The molecule has 0 aliphatic heterocycles. The van der Waals surface area contributed by atoms with Crippen LogP contribution in [-0.4, -0.2) is 5.78 Å². The van der Waals surface area contributed by atoms with Crippen molar-refractivity contribution in [3.05, 3.63) is 58.7 Å². The third-order valence-corrected chi connectivity index (χ3v) is 3.16. The van der Waals surface area contributed by atoms with Gasteiger partial charge in [-0.2, -0.15) is 0 Å². The van der Waals surface area contributed by atoms with Crippen LogP contribution in [0.5, 0.6) is 0 Å². The fourth-order valence-corrected chi connectivity index (χ4v) is 2.48. The lowest BCUT2D eigenvalue weighted by Gasteiger charge is -2.12. The molecule has 0 aliphatic carbocycles. The van der Waals surface area contributed by atoms with E-state index in [4.69, 9.17) is 0 Å². The van der Waals surface area contributed by atoms with Crippen LogP contribution in [0.1, 0.15) is 34.0 Å². The number of hydrogen-bond acceptors (Lipinski definition) is 1. The van der Waals surface area contributed by atoms with Gasteiger partial charge in [0.15, 0.2) is 5.78 Å². The minimum Gasteiger partial charge on any atom is -0.294 e. The highest BCUT2D eigenvalue weighted by atomic mass is 16.1. The van der Waals surface area contributed by atoms with Gasteiger partial charge in [0.05, 0.1) is 0 Å². The van der Waals surface area contributed by atoms with Crippen molar-refractivity contribution in [3.8, 4) is 11.1 Å². The molecule has 0 bridgehead atoms. The van der Waals surface area contributed by atoms with Crippen molar-refractivity contribution >= 4 is 5.78 Å². The Morgan fingerprint density at radius 3 is 2.28 bits per heavy atom. The van der Waals surface area contributed by atoms with Crippen LogP contribution in [0.3, 0.4) is 0 Å². The molecule has 0 saturated heterocycles. The van der Waals surface area contributed by atoms with Crippen LogP contribution < -0.4 is 0 Å². The molecule has 2 aromatic carbocycles. The lowest BCUT2D eigenvalue weighted by Crippen LogP contribution is -2.01. The zero-order chi connectivity index (χ0) is 13.3. The zero-order valence-electron chi connectivity index (χ0n) is 11.4. The molecule has 0 saturated carbocycles. The summed E-state index contributed by atoms with van der Waals surface area (Å²) in [6.45, 7) is 7.77. The van der Waals surface area contributed by atoms with Gasteiger partial charge in [0.2, 0.25) is 0 Å². The van der Waals surface area contributed by atoms with Crippen molar-refractivity contribution in [2.45, 2.75) is 27.7 Å². The van der Waals surface area contributed by atoms with Crippen molar-refractivity contribution in [2.24, 2.45) is 0 Å². The molecule has 1 nitrogen and oxygen atoms in total. The molecule has 2 aromatic rings. The Labute approximate surface area is 108 Å². The van der Waals surface area contributed by atoms with E-state index in [1.807, 2.05) is 13.0 Å². The Morgan fingerprint density at radius 1 is 0.944 bits per heavy atom. The SMILES string of the molecule is CC(=O)c1c(C)cc(C)cc1-c1cccc(C)c1. The summed E-state index contributed by atoms with van der Waals surface area (Å²) in [4.78, 5) is 11.9. The van der Waals surface area contributed by atoms with Gasteiger partial charge >= 0.3 is 0 Å². The topological polar surface area (TPSA) is 17.1 Å². The second-order valence-corrected chi connectivity index (χ2v) is 4.93. The molecule has 18 heavy (non-hydrogen) atoms. The highest BCUT2D eigenvalue weighted by Gasteiger charge is 2.12. The largest absolute Gasteiger partial charge is 0.294 e. The van der Waals surface area contributed by atoms with Gasteiger partial charge in [-0.3, -0.25) is 4.79 Å². The monoisotopic (exact) mass is 238 g/mol. The molecule has 0 atom stereocenters. The first-order valence-electron chi connectivity index (χ1n) is 6.18. The van der Waals surface area contributed by atoms with E-state index in [2.05, 4.69) is 44.2 Å². The molecule has 0 unspecified atom stereocenters. The van der Waals surface area contributed by atoms with Crippen LogP contribution in [-0.2, 0) is 0 Å². The Hall–Kier alpha value is -1.89. The van der Waals surface area contributed by atoms with Crippen LogP contribution in [0.15, 0.2) is 36.4 Å². The van der Waals surface area contributed by atoms with Gasteiger partial charge in [0, 0.05) is 5.56 Å². The van der Waals surface area contributed by atoms with E-state index in [1.165, 1.54) is 11.1 Å². The fraction of sp³-hybridized carbons (Fsp3) is 0.235. The van der Waals surface area contributed by atoms with Gasteiger partial charge in [-0.1, -0.05) is 47.5 Å². The van der Waals surface area contributed by atoms with E-state index in [9.17, 15) is 4.79 Å². The molecular weight excluding hydrogens is 220 g/mol. The average molecular weight is 238 g/mol. The number of carbonyl (C=O) groups is 1. The Balaban J connectivity index is 2.73. The van der Waals surface area contributed by atoms with Gasteiger partial charge in [-0.15, -0.1) is 0 Å². The maximum atomic E-state index is 11.9. The second-order valence-electron chi connectivity index (χ2n) is 4.93. The van der Waals surface area contributed by atoms with E-state index >= 15 is 0 Å². The number of benzene rings is 2. The first-order valence-corrected chi connectivity index (χ1v) is 6.18. The number of rotatable bonds is 2. The van der Waals surface area contributed by atoms with Crippen LogP contribution in [0.2, 0.25) is 0 Å². The molecule has 0 spiro atoms. The molecule has 0 heterocycles. The molecule has 0 amide bonds. The number of carbonyl (C=O) groups excluding carboxylic acids is 1. The van der Waals surface area contributed by atoms with Crippen molar-refractivity contribution in [1.82, 2.24) is 0 Å². The van der Waals surface area contributed by atoms with Crippen LogP contribution in [0.25, 0.3) is 11.1 Å². The van der Waals surface area contributed by atoms with Crippen LogP contribution in [0, 0.1) is 20.8 Å². The first kappa shape index (κ1) is 12.6. The number of hydrogen-bond donors (Lipinski definition) is 0. The van der Waals surface area contributed by atoms with Crippen molar-refractivity contribution < 1.29 is 4.79 Å². The Bertz CT molecular complexity index is 609. The summed E-state index contributed by atoms with van der Waals surface area (Å²) in [6.07, 6.45) is 0. The zero-order valence-corrected chi connectivity index (χ0v) is 11.4. The van der Waals surface area contributed by atoms with E-state index in [0.717, 1.165) is 22.3 Å². The highest BCUT2D eigenvalue weighted by molar-refractivity contribution is 6.02. The number of aryl methyl sites for hydroxylation is 3. The quantitative estimate of drug-likeness (QED) is 0.705. The van der Waals surface area contributed by atoms with Crippen molar-refractivity contribution in [3.63, 3.8) is 0 Å². The van der Waals surface area contributed by atoms with Crippen LogP contribution >= 0.6 is 0 Å². The second kappa shape index (κ2) is 4.77. The van der Waals surface area contributed by atoms with E-state index in [1.54, 1.807) is 6.92 Å². The standard InChI is InChI=1S/C17H18O/c1-11-6-5-7-15(9-11)16-10-12(2)8-13(3)17(16)14(4)18/h5-10H,1-4H3. The fourth-order valence-electron chi connectivity index (χ4n) is 2.48. The summed E-state index contributed by atoms with van der Waals surface area (Å²) < 4.78 is 0. The van der Waals surface area contributed by atoms with Gasteiger partial charge in [-0.05, 0) is 44.4 Å². The first-order chi connectivity index (χ1) is 8.49. The summed E-state index contributed by atoms with van der Waals surface area (Å²) in [6, 6.07) is 12.5. The molecule has 0 N–H and O–H groups in total. The minimum absolute atomic E-state index is 0.129. The van der Waals surface area contributed by atoms with Gasteiger partial charge in [0.1, 0.15) is 0 Å². The summed E-state index contributed by atoms with van der Waals surface area (Å²) >= 11 is 0. The minimum atomic E-state index is 0.129. The molecule has 0 aromatic heterocycles. The molecule has 0 fully saturated rings. The third-order valence-electron chi connectivity index (χ3n) is 3.16. The summed E-state index contributed by atoms with van der Waals surface area (Å²) in [7, 11) is 0. The summed E-state index contributed by atoms with van der Waals surface area (Å²) in [5, 5.41) is 0. The van der Waals surface area contributed by atoms with Gasteiger partial charge in [0.25, 0.3) is 0 Å². The highest BCUT2D eigenvalue weighted by Crippen LogP contribution is 2.28. The van der Waals surface area contributed by atoms with E-state index < -0.39 is 0 Å². The molecule has 2 rings (SSSR count). The predicted molar refractivity (Wildman–Crippen MR) is 76.1 cm³/mol. The lowest BCUT2D eigenvalue weighted by atomic mass is 9.91. The summed E-state index contributed by atoms with van der Waals surface area (Å²) in [5.74, 6) is 0.129. The number of ketones is 1. The lowest BCUT2D eigenvalue weighted by molar-refractivity contribution is 0.101. The third kappa shape index (κ3) is 2.35. The molecule has 0 aliphatic rings. The molecular formula is C17H18O. The molecule has 0 radical (unpaired) electrons. The normalized spacial score (nSPS) is 10.4. The van der Waals surface area contributed by atoms with E-state index in [0.29, 0.717) is 0 Å². The van der Waals surface area contributed by atoms with Crippen molar-refractivity contribution in [1.29, 1.82) is 0 Å². The van der Waals surface area contributed by atoms with Crippen LogP contribution in [0.4, 0.5) is 0 Å². The Morgan fingerprint density at radius 2 is 1.67 bits per heavy atom. The summed E-state index contributed by atoms with van der Waals surface area (Å²) in [5.41, 5.74) is 6.45. The predicted octanol–water partition coefficient (Wildman–Crippen LogP) is 4.48. The van der Waals surface area contributed by atoms with Gasteiger partial charge < -0.3 is 0 Å². The average Bonchev–Trinajstić information content (AvgIpc) is 2.27. The van der Waals surface area contributed by atoms with E-state index in [-0.39, 0.29) is 5.78 Å². The Kier molecular flexibility index (Phi) is 3.33. The number of Topliss-reactive ketones (excluding diaryl/α,β-unsaturated/α-hetero) is 1. The smallest absolute Gasteiger partial charge is 0.160 e. The maximum Gasteiger partial charge on any atom is 0.160 e. The molecule has 1 heteroatoms.